The molecule has 0 aliphatic carbocycles. The van der Waals surface area contributed by atoms with Crippen LogP contribution in [0.5, 0.6) is 0 Å². The molecular formula is C7H12N+. The van der Waals surface area contributed by atoms with Crippen molar-refractivity contribution in [1.82, 2.24) is 6.15 Å². The molecule has 1 aromatic carbocycles. The van der Waals surface area contributed by atoms with Gasteiger partial charge in [-0.3, -0.25) is 0 Å². The Hall–Kier alpha value is -0.820. The highest BCUT2D eigenvalue weighted by atomic mass is 14.0. The van der Waals surface area contributed by atoms with Crippen LogP contribution in [0.25, 0.3) is 0 Å². The zero-order valence-electron chi connectivity index (χ0n) is 6.09. The summed E-state index contributed by atoms with van der Waals surface area (Å²) in [6.07, 6.45) is 0. The molecule has 3 N–H and O–H groups in total. The van der Waals surface area contributed by atoms with Crippen molar-refractivity contribution in [3.8, 4) is 0 Å². The van der Waals surface area contributed by atoms with Crippen LogP contribution in [0, 0.1) is 6.92 Å². The predicted molar refractivity (Wildman–Crippen MR) is 37.3 cm³/mol. The largest absolute Gasteiger partial charge is 1.00 e. The lowest BCUT2D eigenvalue weighted by molar-refractivity contribution is 1.48. The van der Waals surface area contributed by atoms with Crippen molar-refractivity contribution in [1.29, 1.82) is 0 Å². The fourth-order valence-corrected chi connectivity index (χ4v) is 0.534. The third-order valence-electron chi connectivity index (χ3n) is 0.940. The highest BCUT2D eigenvalue weighted by Gasteiger charge is 1.72. The number of aryl methyl sites for hydroxylation is 1. The molecule has 1 heteroatoms. The lowest BCUT2D eigenvalue weighted by atomic mass is 10.2. The van der Waals surface area contributed by atoms with Crippen LogP contribution >= 0.6 is 0 Å². The number of hydrogen-bond donors (Lipinski definition) is 1. The Bertz CT molecular complexity index is 139. The van der Waals surface area contributed by atoms with E-state index in [4.69, 9.17) is 0 Å². The minimum atomic E-state index is 0. The fraction of sp³-hybridized carbons (Fsp3) is 0.143. The van der Waals surface area contributed by atoms with Gasteiger partial charge in [0.05, 0.1) is 0 Å². The lowest BCUT2D eigenvalue weighted by Crippen LogP contribution is -1.62. The Balaban J connectivity index is 0. The molecule has 0 saturated heterocycles. The lowest BCUT2D eigenvalue weighted by Gasteiger charge is -1.82. The first-order chi connectivity index (χ1) is 3.39. The molecule has 0 saturated carbocycles. The van der Waals surface area contributed by atoms with Crippen LogP contribution in [-0.4, -0.2) is 0 Å². The average Bonchev–Trinajstić information content (AvgIpc) is 1.69. The van der Waals surface area contributed by atoms with Gasteiger partial charge in [0.1, 0.15) is 0 Å². The van der Waals surface area contributed by atoms with Crippen molar-refractivity contribution in [2.45, 2.75) is 6.92 Å². The molecule has 0 radical (unpaired) electrons. The van der Waals surface area contributed by atoms with Crippen LogP contribution in [-0.2, 0) is 0 Å². The van der Waals surface area contributed by atoms with Gasteiger partial charge in [0.25, 0.3) is 0 Å². The van der Waals surface area contributed by atoms with Crippen molar-refractivity contribution in [3.05, 3.63) is 35.9 Å². The van der Waals surface area contributed by atoms with E-state index in [1.54, 1.807) is 0 Å². The molecule has 0 heterocycles. The molecule has 0 aliphatic rings. The van der Waals surface area contributed by atoms with Gasteiger partial charge in [0.2, 0.25) is 0 Å². The first kappa shape index (κ1) is 7.18. The van der Waals surface area contributed by atoms with E-state index < -0.39 is 0 Å². The highest BCUT2D eigenvalue weighted by molar-refractivity contribution is 5.11. The van der Waals surface area contributed by atoms with Gasteiger partial charge in [0.15, 0.2) is 0 Å². The van der Waals surface area contributed by atoms with E-state index in [2.05, 4.69) is 19.1 Å². The Kier molecular flexibility index (Phi) is 2.89. The van der Waals surface area contributed by atoms with E-state index in [-0.39, 0.29) is 7.58 Å². The summed E-state index contributed by atoms with van der Waals surface area (Å²) in [4.78, 5) is 0. The molecule has 44 valence electrons. The maximum atomic E-state index is 2.08. The molecule has 0 spiro atoms. The fourth-order valence-electron chi connectivity index (χ4n) is 0.534. The van der Waals surface area contributed by atoms with Gasteiger partial charge in [-0.05, 0) is 6.92 Å². The first-order valence-electron chi connectivity index (χ1n) is 2.41. The SMILES string of the molecule is Cc1ccccc1.N.[H+]. The van der Waals surface area contributed by atoms with Crippen LogP contribution in [0.15, 0.2) is 30.3 Å². The summed E-state index contributed by atoms with van der Waals surface area (Å²) >= 11 is 0. The molecule has 0 aliphatic heterocycles. The van der Waals surface area contributed by atoms with Crippen LogP contribution < -0.4 is 6.15 Å². The zero-order valence-corrected chi connectivity index (χ0v) is 5.09. The summed E-state index contributed by atoms with van der Waals surface area (Å²) in [5.74, 6) is 0. The molecule has 0 amide bonds. The molecule has 0 fully saturated rings. The third-order valence-corrected chi connectivity index (χ3v) is 0.940. The quantitative estimate of drug-likeness (QED) is 0.546. The van der Waals surface area contributed by atoms with Gasteiger partial charge < -0.3 is 6.15 Å². The van der Waals surface area contributed by atoms with Crippen LogP contribution in [0.1, 0.15) is 6.99 Å². The summed E-state index contributed by atoms with van der Waals surface area (Å²) in [6, 6.07) is 10.3. The molecule has 1 rings (SSSR count). The predicted octanol–water partition coefficient (Wildman–Crippen LogP) is 2.27. The molecule has 0 bridgehead atoms. The second-order valence-corrected chi connectivity index (χ2v) is 1.65. The normalized spacial score (nSPS) is 7.62. The standard InChI is InChI=1S/C7H8.H3N/c1-7-5-3-2-4-6-7;/h2-6H,1H3;1H3/p+1. The van der Waals surface area contributed by atoms with Crippen molar-refractivity contribution in [2.24, 2.45) is 0 Å². The second kappa shape index (κ2) is 3.22. The van der Waals surface area contributed by atoms with Gasteiger partial charge in [-0.1, -0.05) is 35.9 Å². The van der Waals surface area contributed by atoms with Gasteiger partial charge in [-0.15, -0.1) is 0 Å². The summed E-state index contributed by atoms with van der Waals surface area (Å²) in [7, 11) is 0. The Morgan fingerprint density at radius 2 is 1.62 bits per heavy atom. The van der Waals surface area contributed by atoms with Gasteiger partial charge in [0, 0.05) is 0 Å². The number of benzene rings is 1. The van der Waals surface area contributed by atoms with Crippen molar-refractivity contribution in [3.63, 3.8) is 0 Å². The Morgan fingerprint density at radius 1 is 1.12 bits per heavy atom. The highest BCUT2D eigenvalue weighted by Crippen LogP contribution is 1.92. The van der Waals surface area contributed by atoms with E-state index in [0.29, 0.717) is 0 Å². The maximum Gasteiger partial charge on any atom is 1.00 e. The smallest absolute Gasteiger partial charge is 0.344 e. The number of hydrogen-bond acceptors (Lipinski definition) is 1. The van der Waals surface area contributed by atoms with Crippen molar-refractivity contribution < 1.29 is 1.43 Å². The summed E-state index contributed by atoms with van der Waals surface area (Å²) in [6.45, 7) is 2.08. The van der Waals surface area contributed by atoms with E-state index in [1.165, 1.54) is 5.56 Å². The minimum absolute atomic E-state index is 0. The molecule has 0 atom stereocenters. The summed E-state index contributed by atoms with van der Waals surface area (Å²) in [5.41, 5.74) is 1.32. The van der Waals surface area contributed by atoms with E-state index in [0.717, 1.165) is 0 Å². The van der Waals surface area contributed by atoms with E-state index in [1.807, 2.05) is 18.2 Å². The zero-order chi connectivity index (χ0) is 5.11. The summed E-state index contributed by atoms with van der Waals surface area (Å²) in [5, 5.41) is 0. The maximum absolute atomic E-state index is 2.08. The van der Waals surface area contributed by atoms with Crippen molar-refractivity contribution >= 4 is 0 Å². The molecule has 0 aromatic heterocycles. The molecule has 1 aromatic rings. The van der Waals surface area contributed by atoms with Gasteiger partial charge in [-0.25, -0.2) is 0 Å². The monoisotopic (exact) mass is 110 g/mol. The summed E-state index contributed by atoms with van der Waals surface area (Å²) < 4.78 is 0. The molecule has 0 unspecified atom stereocenters. The van der Waals surface area contributed by atoms with Gasteiger partial charge >= 0.3 is 1.43 Å². The number of rotatable bonds is 0. The Morgan fingerprint density at radius 3 is 1.88 bits per heavy atom. The molecule has 1 nitrogen and oxygen atoms in total. The first-order valence-corrected chi connectivity index (χ1v) is 2.41. The topological polar surface area (TPSA) is 35.0 Å². The molecule has 8 heavy (non-hydrogen) atoms. The molecular weight excluding hydrogens is 98.1 g/mol. The van der Waals surface area contributed by atoms with Crippen molar-refractivity contribution in [2.75, 3.05) is 0 Å². The van der Waals surface area contributed by atoms with Crippen LogP contribution in [0.3, 0.4) is 0 Å². The van der Waals surface area contributed by atoms with Gasteiger partial charge in [-0.2, -0.15) is 0 Å². The second-order valence-electron chi connectivity index (χ2n) is 1.65. The van der Waals surface area contributed by atoms with Crippen LogP contribution in [0.2, 0.25) is 0 Å². The van der Waals surface area contributed by atoms with Crippen LogP contribution in [0.4, 0.5) is 0 Å². The third kappa shape index (κ3) is 1.76. The van der Waals surface area contributed by atoms with E-state index >= 15 is 0 Å². The minimum Gasteiger partial charge on any atom is -0.344 e. The average molecular weight is 110 g/mol. The Labute approximate surface area is 51.4 Å². The van der Waals surface area contributed by atoms with E-state index in [9.17, 15) is 0 Å².